The molecule has 0 fully saturated rings. The Hall–Kier alpha value is -1.29. The van der Waals surface area contributed by atoms with E-state index in [0.29, 0.717) is 0 Å². The van der Waals surface area contributed by atoms with Crippen LogP contribution in [-0.4, -0.2) is 62.8 Å². The highest BCUT2D eigenvalue weighted by atomic mass is 17.0. The van der Waals surface area contributed by atoms with E-state index in [1.165, 1.54) is 0 Å². The lowest BCUT2D eigenvalue weighted by atomic mass is 10.0. The molecule has 0 heterocycles. The third kappa shape index (κ3) is 4.16. The molecule has 4 N–H and O–H groups in total. The lowest BCUT2D eigenvalue weighted by molar-refractivity contribution is -0.766. The number of hydrogen-bond acceptors (Lipinski definition) is 8. The minimum absolute atomic E-state index is 0.0964. The number of aliphatic hydroxyl groups is 4. The first-order valence-corrected chi connectivity index (χ1v) is 3.85. The van der Waals surface area contributed by atoms with Crippen molar-refractivity contribution in [3.8, 4) is 0 Å². The van der Waals surface area contributed by atoms with Crippen molar-refractivity contribution < 1.29 is 35.1 Å². The first-order valence-electron chi connectivity index (χ1n) is 3.85. The molecule has 0 aliphatic carbocycles. The first kappa shape index (κ1) is 13.7. The third-order valence-corrected chi connectivity index (χ3v) is 1.61. The van der Waals surface area contributed by atoms with Gasteiger partial charge in [0.15, 0.2) is 12.4 Å². The van der Waals surface area contributed by atoms with E-state index < -0.39 is 36.1 Å². The zero-order chi connectivity index (χ0) is 12.0. The predicted octanol–water partition coefficient (Wildman–Crippen LogP) is -3.16. The highest BCUT2D eigenvalue weighted by Gasteiger charge is 2.33. The standard InChI is InChI=1S/C6H11NO8/c8-1-3(10)5(11)6(12)4(2-9)15-7(13)14/h2-6,8,10-12H,1H2/t3-,4+,5-,6-/m1/s1. The summed E-state index contributed by atoms with van der Waals surface area (Å²) < 4.78 is 0. The lowest BCUT2D eigenvalue weighted by Gasteiger charge is -2.24. The van der Waals surface area contributed by atoms with E-state index in [9.17, 15) is 14.9 Å². The molecule has 0 spiro atoms. The second kappa shape index (κ2) is 6.24. The van der Waals surface area contributed by atoms with Gasteiger partial charge in [-0.25, -0.2) is 0 Å². The minimum atomic E-state index is -2.00. The van der Waals surface area contributed by atoms with Gasteiger partial charge in [-0.3, -0.25) is 0 Å². The molecule has 15 heavy (non-hydrogen) atoms. The number of nitrogens with zero attached hydrogens (tertiary/aromatic N) is 1. The van der Waals surface area contributed by atoms with Crippen LogP contribution in [0.3, 0.4) is 0 Å². The fraction of sp³-hybridized carbons (Fsp3) is 0.833. The lowest BCUT2D eigenvalue weighted by Crippen LogP contribution is -2.47. The highest BCUT2D eigenvalue weighted by Crippen LogP contribution is 2.06. The third-order valence-electron chi connectivity index (χ3n) is 1.61. The van der Waals surface area contributed by atoms with Crippen molar-refractivity contribution in [1.82, 2.24) is 0 Å². The summed E-state index contributed by atoms with van der Waals surface area (Å²) in [4.78, 5) is 23.8. The van der Waals surface area contributed by atoms with Crippen LogP contribution in [0.15, 0.2) is 0 Å². The average Bonchev–Trinajstić information content (AvgIpc) is 2.22. The Balaban J connectivity index is 4.42. The largest absolute Gasteiger partial charge is 0.394 e. The molecule has 0 saturated heterocycles. The Morgan fingerprint density at radius 1 is 1.33 bits per heavy atom. The van der Waals surface area contributed by atoms with E-state index >= 15 is 0 Å². The molecule has 88 valence electrons. The van der Waals surface area contributed by atoms with Crippen LogP contribution in [0.1, 0.15) is 0 Å². The van der Waals surface area contributed by atoms with Gasteiger partial charge in [0.2, 0.25) is 0 Å². The van der Waals surface area contributed by atoms with Crippen LogP contribution in [-0.2, 0) is 9.63 Å². The van der Waals surface area contributed by atoms with Crippen LogP contribution in [0.5, 0.6) is 0 Å². The summed E-state index contributed by atoms with van der Waals surface area (Å²) in [5.41, 5.74) is 0. The second-order valence-corrected chi connectivity index (χ2v) is 2.66. The van der Waals surface area contributed by atoms with Gasteiger partial charge in [-0.05, 0) is 0 Å². The summed E-state index contributed by atoms with van der Waals surface area (Å²) in [6.07, 6.45) is -7.67. The van der Waals surface area contributed by atoms with Crippen LogP contribution < -0.4 is 0 Å². The van der Waals surface area contributed by atoms with Gasteiger partial charge in [0, 0.05) is 0 Å². The monoisotopic (exact) mass is 225 g/mol. The van der Waals surface area contributed by atoms with Crippen molar-refractivity contribution in [1.29, 1.82) is 0 Å². The van der Waals surface area contributed by atoms with Crippen LogP contribution >= 0.6 is 0 Å². The number of rotatable bonds is 7. The molecule has 0 amide bonds. The number of carbonyl (C=O) groups excluding carboxylic acids is 1. The zero-order valence-corrected chi connectivity index (χ0v) is 7.46. The van der Waals surface area contributed by atoms with E-state index in [1.54, 1.807) is 0 Å². The summed E-state index contributed by atoms with van der Waals surface area (Å²) in [6.45, 7) is -0.873. The Bertz CT molecular complexity index is 221. The van der Waals surface area contributed by atoms with Crippen molar-refractivity contribution in [2.45, 2.75) is 24.4 Å². The average molecular weight is 225 g/mol. The fourth-order valence-corrected chi connectivity index (χ4v) is 0.797. The quantitative estimate of drug-likeness (QED) is 0.201. The number of carbonyl (C=O) groups is 1. The molecule has 0 aromatic carbocycles. The summed E-state index contributed by atoms with van der Waals surface area (Å²) >= 11 is 0. The SMILES string of the molecule is O=C[C@H](O[N+](=O)[O-])[C@@H](O)[C@H](O)[C@H](O)CO. The van der Waals surface area contributed by atoms with Crippen LogP contribution in [0, 0.1) is 10.1 Å². The molecule has 9 heteroatoms. The normalized spacial score (nSPS) is 18.7. The maximum Gasteiger partial charge on any atom is 0.295 e. The second-order valence-electron chi connectivity index (χ2n) is 2.66. The number of hydrogen-bond donors (Lipinski definition) is 4. The van der Waals surface area contributed by atoms with Crippen molar-refractivity contribution in [2.24, 2.45) is 0 Å². The molecule has 0 aromatic heterocycles. The summed E-state index contributed by atoms with van der Waals surface area (Å²) in [5.74, 6) is 0. The predicted molar refractivity (Wildman–Crippen MR) is 43.0 cm³/mol. The Morgan fingerprint density at radius 3 is 2.20 bits per heavy atom. The van der Waals surface area contributed by atoms with Crippen molar-refractivity contribution >= 4 is 6.29 Å². The summed E-state index contributed by atoms with van der Waals surface area (Å²) in [5, 5.41) is 44.0. The van der Waals surface area contributed by atoms with Gasteiger partial charge in [-0.2, -0.15) is 0 Å². The van der Waals surface area contributed by atoms with Gasteiger partial charge >= 0.3 is 0 Å². The van der Waals surface area contributed by atoms with Gasteiger partial charge < -0.3 is 30.1 Å². The van der Waals surface area contributed by atoms with E-state index in [1.807, 2.05) is 0 Å². The molecule has 9 nitrogen and oxygen atoms in total. The molecular weight excluding hydrogens is 214 g/mol. The van der Waals surface area contributed by atoms with E-state index in [-0.39, 0.29) is 6.29 Å². The molecule has 0 aliphatic rings. The first-order chi connectivity index (χ1) is 6.93. The molecule has 0 radical (unpaired) electrons. The van der Waals surface area contributed by atoms with Gasteiger partial charge in [0.1, 0.15) is 18.3 Å². The van der Waals surface area contributed by atoms with Crippen LogP contribution in [0.4, 0.5) is 0 Å². The topological polar surface area (TPSA) is 150 Å². The maximum absolute atomic E-state index is 10.3. The Kier molecular flexibility index (Phi) is 5.70. The zero-order valence-electron chi connectivity index (χ0n) is 7.46. The molecule has 0 aliphatic heterocycles. The molecule has 0 rings (SSSR count). The van der Waals surface area contributed by atoms with Crippen molar-refractivity contribution in [3.63, 3.8) is 0 Å². The molecular formula is C6H11NO8. The van der Waals surface area contributed by atoms with Gasteiger partial charge in [-0.15, -0.1) is 10.1 Å². The highest BCUT2D eigenvalue weighted by molar-refractivity contribution is 5.57. The summed E-state index contributed by atoms with van der Waals surface area (Å²) in [7, 11) is 0. The molecule has 0 saturated carbocycles. The number of aldehydes is 1. The van der Waals surface area contributed by atoms with Crippen molar-refractivity contribution in [2.75, 3.05) is 6.61 Å². The maximum atomic E-state index is 10.3. The smallest absolute Gasteiger partial charge is 0.295 e. The van der Waals surface area contributed by atoms with E-state index in [0.717, 1.165) is 0 Å². The fourth-order valence-electron chi connectivity index (χ4n) is 0.797. The molecule has 0 unspecified atom stereocenters. The van der Waals surface area contributed by atoms with E-state index in [2.05, 4.69) is 4.84 Å². The Labute approximate surface area is 83.6 Å². The molecule has 0 bridgehead atoms. The Morgan fingerprint density at radius 2 is 1.87 bits per heavy atom. The van der Waals surface area contributed by atoms with Crippen LogP contribution in [0.25, 0.3) is 0 Å². The van der Waals surface area contributed by atoms with Gasteiger partial charge in [-0.1, -0.05) is 0 Å². The van der Waals surface area contributed by atoms with Gasteiger partial charge in [0.25, 0.3) is 5.09 Å². The number of aliphatic hydroxyl groups excluding tert-OH is 4. The molecule has 0 aromatic rings. The van der Waals surface area contributed by atoms with Crippen LogP contribution in [0.2, 0.25) is 0 Å². The summed E-state index contributed by atoms with van der Waals surface area (Å²) in [6, 6.07) is 0. The van der Waals surface area contributed by atoms with Crippen molar-refractivity contribution in [3.05, 3.63) is 10.1 Å². The van der Waals surface area contributed by atoms with E-state index in [4.69, 9.17) is 20.4 Å². The minimum Gasteiger partial charge on any atom is -0.394 e. The molecule has 4 atom stereocenters. The van der Waals surface area contributed by atoms with Gasteiger partial charge in [0.05, 0.1) is 6.61 Å².